The van der Waals surface area contributed by atoms with Crippen molar-refractivity contribution in [1.29, 1.82) is 0 Å². The largest absolute Gasteiger partial charge is 0.301 e. The fraction of sp³-hybridized carbons (Fsp3) is 0.100. The first-order chi connectivity index (χ1) is 15.1. The van der Waals surface area contributed by atoms with Crippen molar-refractivity contribution in [3.8, 4) is 0 Å². The lowest BCUT2D eigenvalue weighted by atomic mass is 10.1. The fourth-order valence-electron chi connectivity index (χ4n) is 2.99. The van der Waals surface area contributed by atoms with Crippen molar-refractivity contribution in [3.63, 3.8) is 0 Å². The average molecular weight is 457 g/mol. The van der Waals surface area contributed by atoms with Crippen LogP contribution in [0.2, 0.25) is 0 Å². The molecular weight excluding hydrogens is 441 g/mol. The number of hydrogen-bond donors (Lipinski definition) is 0. The summed E-state index contributed by atoms with van der Waals surface area (Å²) in [6, 6.07) is 4.89. The van der Waals surface area contributed by atoms with Crippen LogP contribution in [0.4, 0.5) is 15.8 Å². The Balaban J connectivity index is 2.19. The fourth-order valence-corrected chi connectivity index (χ4v) is 3.80. The quantitative estimate of drug-likeness (QED) is 0.390. The van der Waals surface area contributed by atoms with E-state index in [1.807, 2.05) is 0 Å². The summed E-state index contributed by atoms with van der Waals surface area (Å²) in [5.74, 6) is -1.62. The number of nitro benzene ring substituents is 1. The van der Waals surface area contributed by atoms with E-state index in [2.05, 4.69) is 21.5 Å². The molecule has 1 amide bonds. The molecule has 0 atom stereocenters. The molecule has 0 radical (unpaired) electrons. The summed E-state index contributed by atoms with van der Waals surface area (Å²) in [7, 11) is -3.86. The first-order valence-corrected chi connectivity index (χ1v) is 10.8. The van der Waals surface area contributed by atoms with Gasteiger partial charge >= 0.3 is 0 Å². The first-order valence-electron chi connectivity index (χ1n) is 8.94. The first kappa shape index (κ1) is 22.6. The Morgan fingerprint density at radius 1 is 1.31 bits per heavy atom. The topological polar surface area (TPSA) is 136 Å². The van der Waals surface area contributed by atoms with Gasteiger partial charge in [-0.1, -0.05) is 12.7 Å². The average Bonchev–Trinajstić information content (AvgIpc) is 2.76. The minimum Gasteiger partial charge on any atom is -0.301 e. The van der Waals surface area contributed by atoms with E-state index in [4.69, 9.17) is 0 Å². The predicted molar refractivity (Wildman–Crippen MR) is 113 cm³/mol. The number of rotatable bonds is 7. The number of aromatic nitrogens is 3. The van der Waals surface area contributed by atoms with E-state index >= 15 is 0 Å². The zero-order chi connectivity index (χ0) is 23.5. The van der Waals surface area contributed by atoms with Crippen LogP contribution in [0.3, 0.4) is 0 Å². The van der Waals surface area contributed by atoms with E-state index in [9.17, 15) is 27.7 Å². The number of benzene rings is 1. The van der Waals surface area contributed by atoms with Gasteiger partial charge in [-0.05, 0) is 23.8 Å². The van der Waals surface area contributed by atoms with Crippen LogP contribution in [0.15, 0.2) is 60.8 Å². The lowest BCUT2D eigenvalue weighted by Gasteiger charge is -2.24. The molecule has 0 saturated carbocycles. The molecule has 0 aliphatic heterocycles. The third-order valence-corrected chi connectivity index (χ3v) is 5.37. The maximum Gasteiger partial charge on any atom is 0.279 e. The molecule has 0 spiro atoms. The van der Waals surface area contributed by atoms with Crippen LogP contribution >= 0.6 is 0 Å². The monoisotopic (exact) mass is 457 g/mol. The lowest BCUT2D eigenvalue weighted by molar-refractivity contribution is -0.385. The smallest absolute Gasteiger partial charge is 0.279 e. The number of halogens is 1. The van der Waals surface area contributed by atoms with Crippen LogP contribution < -0.4 is 4.90 Å². The molecule has 0 bridgehead atoms. The maximum atomic E-state index is 14.5. The third kappa shape index (κ3) is 4.64. The van der Waals surface area contributed by atoms with Gasteiger partial charge < -0.3 is 4.90 Å². The third-order valence-electron chi connectivity index (χ3n) is 4.35. The van der Waals surface area contributed by atoms with Gasteiger partial charge in [-0.15, -0.1) is 0 Å². The molecule has 0 aliphatic carbocycles. The zero-order valence-corrected chi connectivity index (χ0v) is 17.5. The standard InChI is InChI=1S/C20H16FN5O5S/c1-3-15-16(21)7-13(8-18(15)26(28)29)11-25(20(27)14-9-22-12-23-10-14)17-5-4-6-24-19(17)32(2,30)31/h3-10,12H,1,11H2,2H3. The maximum absolute atomic E-state index is 14.5. The minimum atomic E-state index is -3.86. The van der Waals surface area contributed by atoms with Gasteiger partial charge in [0, 0.05) is 30.9 Å². The van der Waals surface area contributed by atoms with Crippen molar-refractivity contribution >= 4 is 33.2 Å². The Morgan fingerprint density at radius 2 is 2.00 bits per heavy atom. The van der Waals surface area contributed by atoms with Gasteiger partial charge in [0.25, 0.3) is 11.6 Å². The second-order valence-corrected chi connectivity index (χ2v) is 8.52. The lowest BCUT2D eigenvalue weighted by Crippen LogP contribution is -2.32. The van der Waals surface area contributed by atoms with Gasteiger partial charge in [0.1, 0.15) is 12.1 Å². The molecule has 10 nitrogen and oxygen atoms in total. The molecule has 32 heavy (non-hydrogen) atoms. The molecule has 2 aromatic heterocycles. The van der Waals surface area contributed by atoms with E-state index in [0.29, 0.717) is 0 Å². The Hall–Kier alpha value is -4.06. The highest BCUT2D eigenvalue weighted by molar-refractivity contribution is 7.90. The van der Waals surface area contributed by atoms with Gasteiger partial charge in [0.05, 0.1) is 28.3 Å². The van der Waals surface area contributed by atoms with Crippen molar-refractivity contribution in [3.05, 3.63) is 88.4 Å². The Bertz CT molecular complexity index is 1320. The van der Waals surface area contributed by atoms with Crippen molar-refractivity contribution in [2.24, 2.45) is 0 Å². The number of nitro groups is 1. The number of nitrogens with zero attached hydrogens (tertiary/aromatic N) is 5. The molecule has 0 N–H and O–H groups in total. The van der Waals surface area contributed by atoms with E-state index in [1.54, 1.807) is 0 Å². The van der Waals surface area contributed by atoms with E-state index < -0.39 is 38.7 Å². The summed E-state index contributed by atoms with van der Waals surface area (Å²) < 4.78 is 39.0. The zero-order valence-electron chi connectivity index (χ0n) is 16.7. The van der Waals surface area contributed by atoms with Crippen LogP contribution in [-0.4, -0.2) is 40.5 Å². The number of amides is 1. The van der Waals surface area contributed by atoms with Crippen LogP contribution in [0.5, 0.6) is 0 Å². The van der Waals surface area contributed by atoms with Gasteiger partial charge in [-0.2, -0.15) is 0 Å². The molecule has 0 fully saturated rings. The molecule has 3 aromatic rings. The van der Waals surface area contributed by atoms with E-state index in [0.717, 1.165) is 29.4 Å². The second kappa shape index (κ2) is 8.98. The summed E-state index contributed by atoms with van der Waals surface area (Å²) in [4.78, 5) is 36.3. The van der Waals surface area contributed by atoms with Crippen LogP contribution in [0.1, 0.15) is 21.5 Å². The normalized spacial score (nSPS) is 11.1. The van der Waals surface area contributed by atoms with Crippen molar-refractivity contribution in [1.82, 2.24) is 15.0 Å². The van der Waals surface area contributed by atoms with Gasteiger partial charge in [-0.3, -0.25) is 14.9 Å². The molecule has 12 heteroatoms. The van der Waals surface area contributed by atoms with Crippen LogP contribution in [-0.2, 0) is 16.4 Å². The highest BCUT2D eigenvalue weighted by Gasteiger charge is 2.27. The number of pyridine rings is 1. The predicted octanol–water partition coefficient (Wildman–Crippen LogP) is 2.81. The molecular formula is C20H16FN5O5S. The van der Waals surface area contributed by atoms with Crippen LogP contribution in [0.25, 0.3) is 6.08 Å². The van der Waals surface area contributed by atoms with E-state index in [1.165, 1.54) is 37.1 Å². The Labute approximate surface area is 182 Å². The van der Waals surface area contributed by atoms with Crippen molar-refractivity contribution in [2.45, 2.75) is 11.6 Å². The molecule has 2 heterocycles. The summed E-state index contributed by atoms with van der Waals surface area (Å²) in [5, 5.41) is 11.0. The van der Waals surface area contributed by atoms with Gasteiger partial charge in [-0.25, -0.2) is 27.8 Å². The van der Waals surface area contributed by atoms with Gasteiger partial charge in [0.2, 0.25) is 0 Å². The molecule has 0 saturated heterocycles. The number of carbonyl (C=O) groups excluding carboxylic acids is 1. The molecule has 0 aliphatic rings. The number of sulfone groups is 1. The molecule has 164 valence electrons. The second-order valence-electron chi connectivity index (χ2n) is 6.59. The minimum absolute atomic E-state index is 0.0217. The van der Waals surface area contributed by atoms with Crippen molar-refractivity contribution < 1.29 is 22.5 Å². The summed E-state index contributed by atoms with van der Waals surface area (Å²) in [5.41, 5.74) is -0.854. The Morgan fingerprint density at radius 3 is 2.59 bits per heavy atom. The summed E-state index contributed by atoms with van der Waals surface area (Å²) in [6.45, 7) is 2.99. The SMILES string of the molecule is C=Cc1c(F)cc(CN(C(=O)c2cncnc2)c2cccnc2S(C)(=O)=O)cc1[N+](=O)[O-]. The number of anilines is 1. The van der Waals surface area contributed by atoms with E-state index in [-0.39, 0.29) is 27.4 Å². The number of carbonyl (C=O) groups is 1. The number of hydrogen-bond acceptors (Lipinski definition) is 8. The summed E-state index contributed by atoms with van der Waals surface area (Å²) in [6.07, 6.45) is 6.85. The summed E-state index contributed by atoms with van der Waals surface area (Å²) >= 11 is 0. The highest BCUT2D eigenvalue weighted by atomic mass is 32.2. The highest BCUT2D eigenvalue weighted by Crippen LogP contribution is 2.29. The molecule has 0 unspecified atom stereocenters. The van der Waals surface area contributed by atoms with Crippen LogP contribution in [0, 0.1) is 15.9 Å². The van der Waals surface area contributed by atoms with Crippen molar-refractivity contribution in [2.75, 3.05) is 11.2 Å². The molecule has 1 aromatic carbocycles. The van der Waals surface area contributed by atoms with Gasteiger partial charge in [0.15, 0.2) is 14.9 Å². The Kier molecular flexibility index (Phi) is 6.35. The molecule has 3 rings (SSSR count).